The van der Waals surface area contributed by atoms with Gasteiger partial charge in [0, 0.05) is 0 Å². The Kier molecular flexibility index (Phi) is 5.40. The summed E-state index contributed by atoms with van der Waals surface area (Å²) in [7, 11) is 6.28. The molecule has 136 valence electrons. The van der Waals surface area contributed by atoms with Crippen LogP contribution in [0, 0.1) is 0 Å². The summed E-state index contributed by atoms with van der Waals surface area (Å²) in [6, 6.07) is 9.16. The summed E-state index contributed by atoms with van der Waals surface area (Å²) in [5, 5.41) is 10.1. The van der Waals surface area contributed by atoms with Crippen molar-refractivity contribution in [2.75, 3.05) is 28.4 Å². The van der Waals surface area contributed by atoms with Gasteiger partial charge in [-0.15, -0.1) is 0 Å². The number of aromatic nitrogens is 1. The van der Waals surface area contributed by atoms with Crippen molar-refractivity contribution < 1.29 is 24.1 Å². The van der Waals surface area contributed by atoms with Gasteiger partial charge in [0.05, 0.1) is 0 Å². The van der Waals surface area contributed by atoms with Gasteiger partial charge in [-0.05, 0) is 0 Å². The molecule has 7 heteroatoms. The number of phenols is 1. The Bertz CT molecular complexity index is 897. The molecule has 0 fully saturated rings. The summed E-state index contributed by atoms with van der Waals surface area (Å²) in [6.07, 6.45) is 1.84. The van der Waals surface area contributed by atoms with Crippen LogP contribution < -0.4 is 18.9 Å². The molecule has 0 aliphatic rings. The first-order chi connectivity index (χ1) is 12.6. The van der Waals surface area contributed by atoms with Gasteiger partial charge in [0.15, 0.2) is 0 Å². The molecule has 1 aromatic heterocycles. The molecule has 0 saturated heterocycles. The monoisotopic (exact) mass is 421 g/mol. The molecule has 6 nitrogen and oxygen atoms in total. The van der Waals surface area contributed by atoms with Gasteiger partial charge in [-0.25, -0.2) is 0 Å². The number of rotatable bonds is 6. The molecule has 0 atom stereocenters. The average molecular weight is 420 g/mol. The number of phenolic OH excluding ortho intramolecular Hbond substituents is 1. The van der Waals surface area contributed by atoms with Crippen molar-refractivity contribution >= 4 is 14.7 Å². The minimum absolute atomic E-state index is 0.0865. The van der Waals surface area contributed by atoms with Crippen LogP contribution in [0.1, 0.15) is 0 Å². The fraction of sp³-hybridized carbons (Fsp3) is 0.211. The first-order valence-electron chi connectivity index (χ1n) is 7.75. The number of hydrogen-bond donors (Lipinski definition) is 1. The standard InChI is InChI=1S/C19H19NO5Se/c1-22-15-6-5-11(7-14(15)21)19-13(10-20-26-19)12-8-16(23-2)18(25-4)17(9-12)24-3/h5-10,21H,1-4H3. The van der Waals surface area contributed by atoms with Crippen molar-refractivity contribution in [2.45, 2.75) is 0 Å². The Morgan fingerprint density at radius 3 is 2.00 bits per heavy atom. The molecule has 0 amide bonds. The molecule has 3 rings (SSSR count). The van der Waals surface area contributed by atoms with Crippen LogP contribution in [0.25, 0.3) is 21.1 Å². The quantitative estimate of drug-likeness (QED) is 0.618. The van der Waals surface area contributed by atoms with E-state index in [1.54, 1.807) is 33.5 Å². The van der Waals surface area contributed by atoms with Crippen molar-refractivity contribution in [1.82, 2.24) is 3.98 Å². The fourth-order valence-corrected chi connectivity index (χ4v) is 4.33. The third-order valence-electron chi connectivity index (χ3n) is 3.99. The Morgan fingerprint density at radius 1 is 0.808 bits per heavy atom. The predicted molar refractivity (Wildman–Crippen MR) is 99.9 cm³/mol. The molecule has 0 aliphatic carbocycles. The Labute approximate surface area is 157 Å². The van der Waals surface area contributed by atoms with Gasteiger partial charge in [0.1, 0.15) is 0 Å². The third kappa shape index (κ3) is 3.23. The van der Waals surface area contributed by atoms with E-state index >= 15 is 0 Å². The zero-order valence-corrected chi connectivity index (χ0v) is 16.6. The first kappa shape index (κ1) is 18.2. The molecule has 0 radical (unpaired) electrons. The maximum absolute atomic E-state index is 10.1. The molecular formula is C19H19NO5Se. The Balaban J connectivity index is 2.13. The minimum atomic E-state index is -0.0865. The molecule has 2 aromatic carbocycles. The van der Waals surface area contributed by atoms with Gasteiger partial charge in [-0.2, -0.15) is 0 Å². The van der Waals surface area contributed by atoms with Crippen molar-refractivity contribution in [3.05, 3.63) is 36.5 Å². The molecule has 0 saturated carbocycles. The first-order valence-corrected chi connectivity index (χ1v) is 9.37. The van der Waals surface area contributed by atoms with E-state index in [-0.39, 0.29) is 20.5 Å². The molecule has 1 heterocycles. The summed E-state index contributed by atoms with van der Waals surface area (Å²) in [5.41, 5.74) is 2.78. The molecular weight excluding hydrogens is 401 g/mol. The number of nitrogens with zero attached hydrogens (tertiary/aromatic N) is 1. The van der Waals surface area contributed by atoms with E-state index in [0.29, 0.717) is 23.0 Å². The molecule has 26 heavy (non-hydrogen) atoms. The topological polar surface area (TPSA) is 70.0 Å². The Hall–Kier alpha value is -2.63. The number of benzene rings is 2. The van der Waals surface area contributed by atoms with Gasteiger partial charge in [-0.1, -0.05) is 0 Å². The molecule has 0 unspecified atom stereocenters. The number of hydrogen-bond acceptors (Lipinski definition) is 6. The van der Waals surface area contributed by atoms with E-state index in [4.69, 9.17) is 18.9 Å². The van der Waals surface area contributed by atoms with Crippen molar-refractivity contribution in [3.63, 3.8) is 0 Å². The van der Waals surface area contributed by atoms with Crippen molar-refractivity contribution in [1.29, 1.82) is 0 Å². The molecule has 1 N–H and O–H groups in total. The second-order valence-electron chi connectivity index (χ2n) is 5.37. The second-order valence-corrected chi connectivity index (χ2v) is 7.05. The van der Waals surface area contributed by atoms with Crippen LogP contribution in [0.15, 0.2) is 36.5 Å². The zero-order valence-electron chi connectivity index (χ0n) is 14.9. The van der Waals surface area contributed by atoms with E-state index in [1.165, 1.54) is 7.11 Å². The summed E-state index contributed by atoms with van der Waals surface area (Å²) in [4.78, 5) is 0. The van der Waals surface area contributed by atoms with Crippen LogP contribution >= 0.6 is 0 Å². The van der Waals surface area contributed by atoms with E-state index < -0.39 is 0 Å². The summed E-state index contributed by atoms with van der Waals surface area (Å²) < 4.78 is 26.9. The predicted octanol–water partition coefficient (Wildman–Crippen LogP) is 3.21. The van der Waals surface area contributed by atoms with E-state index in [9.17, 15) is 5.11 Å². The molecule has 0 spiro atoms. The number of aromatic hydroxyl groups is 1. The van der Waals surface area contributed by atoms with Crippen LogP contribution in [0.3, 0.4) is 0 Å². The maximum atomic E-state index is 10.1. The fourth-order valence-electron chi connectivity index (χ4n) is 2.72. The SMILES string of the molecule is COc1ccc(-c2[se]ncc2-c2cc(OC)c(OC)c(OC)c2)cc1O. The Morgan fingerprint density at radius 2 is 1.46 bits per heavy atom. The molecule has 0 bridgehead atoms. The number of ether oxygens (including phenoxy) is 4. The average Bonchev–Trinajstić information content (AvgIpc) is 3.16. The van der Waals surface area contributed by atoms with Crippen molar-refractivity contribution in [3.8, 4) is 49.9 Å². The van der Waals surface area contributed by atoms with E-state index in [0.717, 1.165) is 21.1 Å². The van der Waals surface area contributed by atoms with Gasteiger partial charge in [0.2, 0.25) is 0 Å². The zero-order chi connectivity index (χ0) is 18.7. The van der Waals surface area contributed by atoms with Gasteiger partial charge < -0.3 is 0 Å². The van der Waals surface area contributed by atoms with Gasteiger partial charge in [0.25, 0.3) is 0 Å². The van der Waals surface area contributed by atoms with Crippen LogP contribution in [0.5, 0.6) is 28.7 Å². The molecule has 0 aliphatic heterocycles. The van der Waals surface area contributed by atoms with Crippen LogP contribution in [-0.2, 0) is 0 Å². The van der Waals surface area contributed by atoms with Gasteiger partial charge in [-0.3, -0.25) is 0 Å². The van der Waals surface area contributed by atoms with E-state index in [1.807, 2.05) is 24.4 Å². The van der Waals surface area contributed by atoms with E-state index in [2.05, 4.69) is 3.98 Å². The van der Waals surface area contributed by atoms with Gasteiger partial charge >= 0.3 is 158 Å². The van der Waals surface area contributed by atoms with Crippen molar-refractivity contribution in [2.24, 2.45) is 0 Å². The summed E-state index contributed by atoms with van der Waals surface area (Å²) >= 11 is -0.0865. The second kappa shape index (κ2) is 7.72. The van der Waals surface area contributed by atoms with Crippen LogP contribution in [-0.4, -0.2) is 52.3 Å². The molecule has 3 aromatic rings. The van der Waals surface area contributed by atoms with Crippen LogP contribution in [0.2, 0.25) is 0 Å². The number of methoxy groups -OCH3 is 4. The van der Waals surface area contributed by atoms with Crippen LogP contribution in [0.4, 0.5) is 0 Å². The third-order valence-corrected chi connectivity index (χ3v) is 5.77. The summed E-state index contributed by atoms with van der Waals surface area (Å²) in [6.45, 7) is 0. The normalized spacial score (nSPS) is 10.5. The summed E-state index contributed by atoms with van der Waals surface area (Å²) in [5.74, 6) is 2.25.